The molecule has 0 saturated heterocycles. The van der Waals surface area contributed by atoms with Crippen LogP contribution in [-0.2, 0) is 0 Å². The van der Waals surface area contributed by atoms with E-state index in [0.29, 0.717) is 5.02 Å². The molecule has 0 amide bonds. The number of hydrogen-bond donors (Lipinski definition) is 1. The Hall–Kier alpha value is -2.04. The molecule has 2 aromatic carbocycles. The van der Waals surface area contributed by atoms with Gasteiger partial charge in [0.15, 0.2) is 0 Å². The number of nitrogens with one attached hydrogen (secondary N) is 1. The summed E-state index contributed by atoms with van der Waals surface area (Å²) in [5.74, 6) is 1.78. The predicted molar refractivity (Wildman–Crippen MR) is 114 cm³/mol. The lowest BCUT2D eigenvalue weighted by Crippen LogP contribution is -2.23. The van der Waals surface area contributed by atoms with E-state index in [9.17, 15) is 0 Å². The average Bonchev–Trinajstić information content (AvgIpc) is 3.47. The standard InChI is InChI=1S/C22H26ClN3O/c1-26(14-15-4-5-15)11-3-10-24-22-18-8-6-16(23)12-21(18)25-20-9-7-17(27-2)13-19(20)22/h6-9,12-13,15H,3-5,10-11,14H2,1-2H3,(H,24,25). The van der Waals surface area contributed by atoms with E-state index in [4.69, 9.17) is 21.3 Å². The first-order chi connectivity index (χ1) is 13.1. The van der Waals surface area contributed by atoms with Crippen molar-refractivity contribution >= 4 is 39.1 Å². The molecule has 4 nitrogen and oxygen atoms in total. The quantitative estimate of drug-likeness (QED) is 0.429. The van der Waals surface area contributed by atoms with Crippen LogP contribution in [0.15, 0.2) is 36.4 Å². The van der Waals surface area contributed by atoms with Crippen LogP contribution in [0.1, 0.15) is 19.3 Å². The molecule has 3 aromatic rings. The van der Waals surface area contributed by atoms with Crippen molar-refractivity contribution in [1.29, 1.82) is 0 Å². The molecule has 1 fully saturated rings. The van der Waals surface area contributed by atoms with Gasteiger partial charge in [-0.05, 0) is 75.2 Å². The Kier molecular flexibility index (Phi) is 5.37. The topological polar surface area (TPSA) is 37.4 Å². The first-order valence-electron chi connectivity index (χ1n) is 9.63. The number of anilines is 1. The summed E-state index contributed by atoms with van der Waals surface area (Å²) < 4.78 is 5.43. The van der Waals surface area contributed by atoms with Crippen molar-refractivity contribution in [3.05, 3.63) is 41.4 Å². The van der Waals surface area contributed by atoms with Gasteiger partial charge in [-0.1, -0.05) is 11.6 Å². The Morgan fingerprint density at radius 2 is 2.00 bits per heavy atom. The van der Waals surface area contributed by atoms with E-state index in [0.717, 1.165) is 58.7 Å². The number of hydrogen-bond acceptors (Lipinski definition) is 4. The van der Waals surface area contributed by atoms with Gasteiger partial charge in [-0.25, -0.2) is 4.98 Å². The van der Waals surface area contributed by atoms with Crippen LogP contribution >= 0.6 is 11.6 Å². The molecule has 1 aromatic heterocycles. The number of fused-ring (bicyclic) bond motifs is 2. The van der Waals surface area contributed by atoms with Gasteiger partial charge in [-0.3, -0.25) is 0 Å². The van der Waals surface area contributed by atoms with Crippen molar-refractivity contribution in [3.8, 4) is 5.75 Å². The molecular formula is C22H26ClN3O. The molecule has 5 heteroatoms. The number of halogens is 1. The molecule has 0 aliphatic heterocycles. The van der Waals surface area contributed by atoms with Crippen LogP contribution in [0.25, 0.3) is 21.8 Å². The van der Waals surface area contributed by atoms with Gasteiger partial charge in [0.1, 0.15) is 5.75 Å². The fourth-order valence-electron chi connectivity index (χ4n) is 3.61. The predicted octanol–water partition coefficient (Wildman–Crippen LogP) is 5.19. The number of aromatic nitrogens is 1. The molecule has 0 bridgehead atoms. The molecule has 4 rings (SSSR count). The van der Waals surface area contributed by atoms with Crippen LogP contribution < -0.4 is 10.1 Å². The number of methoxy groups -OCH3 is 1. The second-order valence-electron chi connectivity index (χ2n) is 7.52. The zero-order valence-electron chi connectivity index (χ0n) is 16.0. The average molecular weight is 384 g/mol. The SMILES string of the molecule is COc1ccc2nc3cc(Cl)ccc3c(NCCCN(C)CC3CC3)c2c1. The first kappa shape index (κ1) is 18.3. The Morgan fingerprint density at radius 3 is 2.78 bits per heavy atom. The van der Waals surface area contributed by atoms with E-state index in [1.54, 1.807) is 7.11 Å². The van der Waals surface area contributed by atoms with Crippen molar-refractivity contribution < 1.29 is 4.74 Å². The summed E-state index contributed by atoms with van der Waals surface area (Å²) in [6.07, 6.45) is 3.91. The zero-order valence-corrected chi connectivity index (χ0v) is 16.7. The van der Waals surface area contributed by atoms with Crippen LogP contribution in [0.4, 0.5) is 5.69 Å². The third-order valence-corrected chi connectivity index (χ3v) is 5.46. The highest BCUT2D eigenvalue weighted by Crippen LogP contribution is 2.34. The lowest BCUT2D eigenvalue weighted by molar-refractivity contribution is 0.319. The highest BCUT2D eigenvalue weighted by molar-refractivity contribution is 6.31. The largest absolute Gasteiger partial charge is 0.497 e. The van der Waals surface area contributed by atoms with Gasteiger partial charge in [0.2, 0.25) is 0 Å². The van der Waals surface area contributed by atoms with Crippen LogP contribution in [0, 0.1) is 5.92 Å². The van der Waals surface area contributed by atoms with Gasteiger partial charge in [0.25, 0.3) is 0 Å². The van der Waals surface area contributed by atoms with Gasteiger partial charge < -0.3 is 15.0 Å². The van der Waals surface area contributed by atoms with Crippen LogP contribution in [0.5, 0.6) is 5.75 Å². The molecule has 0 unspecified atom stereocenters. The second-order valence-corrected chi connectivity index (χ2v) is 7.95. The van der Waals surface area contributed by atoms with E-state index >= 15 is 0 Å². The third-order valence-electron chi connectivity index (χ3n) is 5.23. The zero-order chi connectivity index (χ0) is 18.8. The van der Waals surface area contributed by atoms with E-state index in [1.807, 2.05) is 30.3 Å². The van der Waals surface area contributed by atoms with E-state index in [2.05, 4.69) is 23.3 Å². The van der Waals surface area contributed by atoms with E-state index in [1.165, 1.54) is 19.4 Å². The highest BCUT2D eigenvalue weighted by atomic mass is 35.5. The number of ether oxygens (including phenoxy) is 1. The first-order valence-corrected chi connectivity index (χ1v) is 10.0. The molecule has 142 valence electrons. The van der Waals surface area contributed by atoms with Gasteiger partial charge in [0.05, 0.1) is 23.8 Å². The number of pyridine rings is 1. The Labute approximate surface area is 165 Å². The van der Waals surface area contributed by atoms with Crippen molar-refractivity contribution in [2.24, 2.45) is 5.92 Å². The van der Waals surface area contributed by atoms with Crippen LogP contribution in [0.3, 0.4) is 0 Å². The monoisotopic (exact) mass is 383 g/mol. The van der Waals surface area contributed by atoms with E-state index in [-0.39, 0.29) is 0 Å². The minimum Gasteiger partial charge on any atom is -0.497 e. The maximum Gasteiger partial charge on any atom is 0.119 e. The number of nitrogens with zero attached hydrogens (tertiary/aromatic N) is 2. The lowest BCUT2D eigenvalue weighted by Gasteiger charge is -2.18. The van der Waals surface area contributed by atoms with Gasteiger partial charge in [0, 0.05) is 28.9 Å². The van der Waals surface area contributed by atoms with Gasteiger partial charge >= 0.3 is 0 Å². The summed E-state index contributed by atoms with van der Waals surface area (Å²) in [7, 11) is 3.92. The van der Waals surface area contributed by atoms with Crippen molar-refractivity contribution in [1.82, 2.24) is 9.88 Å². The summed E-state index contributed by atoms with van der Waals surface area (Å²) in [6, 6.07) is 11.9. The molecule has 0 radical (unpaired) electrons. The van der Waals surface area contributed by atoms with Crippen molar-refractivity contribution in [2.75, 3.05) is 39.1 Å². The molecule has 1 saturated carbocycles. The Morgan fingerprint density at radius 1 is 1.15 bits per heavy atom. The minimum absolute atomic E-state index is 0.704. The number of benzene rings is 2. The fourth-order valence-corrected chi connectivity index (χ4v) is 3.78. The summed E-state index contributed by atoms with van der Waals surface area (Å²) in [5.41, 5.74) is 2.96. The van der Waals surface area contributed by atoms with Gasteiger partial charge in [-0.2, -0.15) is 0 Å². The van der Waals surface area contributed by atoms with E-state index < -0.39 is 0 Å². The molecule has 1 heterocycles. The van der Waals surface area contributed by atoms with Crippen molar-refractivity contribution in [2.45, 2.75) is 19.3 Å². The molecule has 27 heavy (non-hydrogen) atoms. The van der Waals surface area contributed by atoms with Crippen LogP contribution in [0.2, 0.25) is 5.02 Å². The lowest BCUT2D eigenvalue weighted by atomic mass is 10.1. The summed E-state index contributed by atoms with van der Waals surface area (Å²) in [5, 5.41) is 6.53. The second kappa shape index (κ2) is 7.91. The minimum atomic E-state index is 0.704. The maximum atomic E-state index is 6.19. The smallest absolute Gasteiger partial charge is 0.119 e. The highest BCUT2D eigenvalue weighted by Gasteiger charge is 2.22. The third kappa shape index (κ3) is 4.28. The number of rotatable bonds is 8. The summed E-state index contributed by atoms with van der Waals surface area (Å²) in [4.78, 5) is 7.23. The molecule has 1 aliphatic carbocycles. The van der Waals surface area contributed by atoms with Gasteiger partial charge in [-0.15, -0.1) is 0 Å². The van der Waals surface area contributed by atoms with Crippen molar-refractivity contribution in [3.63, 3.8) is 0 Å². The fraction of sp³-hybridized carbons (Fsp3) is 0.409. The Bertz CT molecular complexity index is 955. The molecule has 0 spiro atoms. The summed E-state index contributed by atoms with van der Waals surface area (Å²) in [6.45, 7) is 3.26. The normalized spacial score (nSPS) is 14.2. The molecule has 1 N–H and O–H groups in total. The summed E-state index contributed by atoms with van der Waals surface area (Å²) >= 11 is 6.19. The molecule has 1 aliphatic rings. The molecule has 0 atom stereocenters. The Balaban J connectivity index is 1.59. The van der Waals surface area contributed by atoms with Crippen LogP contribution in [-0.4, -0.2) is 43.7 Å². The maximum absolute atomic E-state index is 6.19. The molecular weight excluding hydrogens is 358 g/mol.